The summed E-state index contributed by atoms with van der Waals surface area (Å²) in [5.74, 6) is -2.28. The van der Waals surface area contributed by atoms with Crippen molar-refractivity contribution in [1.29, 1.82) is 0 Å². The average molecular weight is 933 g/mol. The highest BCUT2D eigenvalue weighted by molar-refractivity contribution is 8.00. The van der Waals surface area contributed by atoms with Crippen molar-refractivity contribution in [2.75, 3.05) is 39.3 Å². The Morgan fingerprint density at radius 3 is 1.89 bits per heavy atom. The third-order valence-electron chi connectivity index (χ3n) is 10.5. The highest BCUT2D eigenvalue weighted by Crippen LogP contribution is 2.44. The maximum absolute atomic E-state index is 14.4. The summed E-state index contributed by atoms with van der Waals surface area (Å²) < 4.78 is 20.7. The molecule has 358 valence electrons. The van der Waals surface area contributed by atoms with Gasteiger partial charge in [0.15, 0.2) is 0 Å². The van der Waals surface area contributed by atoms with E-state index in [-0.39, 0.29) is 56.2 Å². The number of methoxy groups -OCH3 is 1. The SMILES string of the molecule is COC(=O)[C@H](Cc1ccc(OCCNC(=O)OC(C)(C)C)cc1)NC(=O)[C@@H](NC(=O)[C@H](CCCCNC(C)=O)NC(=O)OCC1c2ccccc2-c2ccccc21)C(C)(C)SCNC(C)=O. The second-order valence-corrected chi connectivity index (χ2v) is 18.9. The Morgan fingerprint density at radius 1 is 0.682 bits per heavy atom. The number of thioether (sulfide) groups is 1. The molecule has 18 heteroatoms. The zero-order chi connectivity index (χ0) is 48.4. The lowest BCUT2D eigenvalue weighted by Crippen LogP contribution is -2.62. The fraction of sp³-hybridized carbons (Fsp3) is 0.479. The number of hydrogen-bond donors (Lipinski definition) is 6. The van der Waals surface area contributed by atoms with Gasteiger partial charge in [-0.15, -0.1) is 11.8 Å². The van der Waals surface area contributed by atoms with Crippen LogP contribution in [0.5, 0.6) is 5.75 Å². The number of carbonyl (C=O) groups excluding carboxylic acids is 7. The summed E-state index contributed by atoms with van der Waals surface area (Å²) in [6, 6.07) is 19.0. The van der Waals surface area contributed by atoms with E-state index >= 15 is 0 Å². The van der Waals surface area contributed by atoms with Crippen LogP contribution in [0.3, 0.4) is 0 Å². The molecule has 17 nitrogen and oxygen atoms in total. The van der Waals surface area contributed by atoms with Gasteiger partial charge in [0.25, 0.3) is 0 Å². The van der Waals surface area contributed by atoms with E-state index in [0.717, 1.165) is 22.3 Å². The quantitative estimate of drug-likeness (QED) is 0.0316. The van der Waals surface area contributed by atoms with Crippen molar-refractivity contribution < 1.29 is 52.5 Å². The first-order chi connectivity index (χ1) is 31.3. The molecular formula is C48H64N6O11S. The molecule has 0 bridgehead atoms. The molecule has 4 rings (SSSR count). The van der Waals surface area contributed by atoms with Crippen LogP contribution < -0.4 is 36.6 Å². The van der Waals surface area contributed by atoms with Crippen LogP contribution in [-0.4, -0.2) is 110 Å². The van der Waals surface area contributed by atoms with Gasteiger partial charge >= 0.3 is 18.2 Å². The van der Waals surface area contributed by atoms with Crippen LogP contribution in [0, 0.1) is 0 Å². The van der Waals surface area contributed by atoms with Gasteiger partial charge in [-0.2, -0.15) is 0 Å². The molecule has 3 atom stereocenters. The fourth-order valence-corrected chi connectivity index (χ4v) is 8.16. The van der Waals surface area contributed by atoms with E-state index in [1.807, 2.05) is 48.5 Å². The molecule has 1 aliphatic carbocycles. The second-order valence-electron chi connectivity index (χ2n) is 17.3. The molecule has 0 unspecified atom stereocenters. The van der Waals surface area contributed by atoms with Crippen LogP contribution in [0.4, 0.5) is 9.59 Å². The maximum Gasteiger partial charge on any atom is 0.407 e. The fourth-order valence-electron chi connectivity index (χ4n) is 7.18. The first kappa shape index (κ1) is 52.3. The number of benzene rings is 3. The van der Waals surface area contributed by atoms with Crippen LogP contribution >= 0.6 is 11.8 Å². The van der Waals surface area contributed by atoms with Crippen molar-refractivity contribution in [2.24, 2.45) is 0 Å². The lowest BCUT2D eigenvalue weighted by atomic mass is 9.98. The molecule has 0 spiro atoms. The molecule has 0 heterocycles. The van der Waals surface area contributed by atoms with Crippen LogP contribution in [0.2, 0.25) is 0 Å². The van der Waals surface area contributed by atoms with Crippen molar-refractivity contribution in [3.05, 3.63) is 89.5 Å². The van der Waals surface area contributed by atoms with Gasteiger partial charge in [0.05, 0.1) is 19.5 Å². The molecule has 6 amide bonds. The van der Waals surface area contributed by atoms with Crippen molar-refractivity contribution in [1.82, 2.24) is 31.9 Å². The third-order valence-corrected chi connectivity index (χ3v) is 11.7. The van der Waals surface area contributed by atoms with Crippen molar-refractivity contribution in [3.8, 4) is 16.9 Å². The summed E-state index contributed by atoms with van der Waals surface area (Å²) in [6.45, 7) is 12.2. The Morgan fingerprint density at radius 2 is 1.30 bits per heavy atom. The highest BCUT2D eigenvalue weighted by Gasteiger charge is 2.40. The molecule has 3 aromatic carbocycles. The lowest BCUT2D eigenvalue weighted by Gasteiger charge is -2.35. The number of carbonyl (C=O) groups is 7. The summed E-state index contributed by atoms with van der Waals surface area (Å²) in [4.78, 5) is 90.7. The van der Waals surface area contributed by atoms with E-state index in [9.17, 15) is 33.6 Å². The second kappa shape index (κ2) is 24.8. The number of nitrogens with one attached hydrogen (secondary N) is 6. The standard InChI is InChI=1S/C48H64N6O11S/c1-30(55)49-24-14-13-19-39(53-46(61)64-28-38-36-17-11-9-15-34(36)35-16-10-12-18-37(35)38)42(57)54-41(48(6,7)66-29-51-31(2)56)43(58)52-40(44(59)62-8)27-32-20-22-33(23-21-32)63-26-25-50-45(60)65-47(3,4)5/h9-12,15-18,20-23,38-41H,13-14,19,24-29H2,1-8H3,(H,49,55)(H,50,60)(H,51,56)(H,52,58)(H,53,61)(H,54,57)/t39-,40-,41+/m0/s1. The first-order valence-electron chi connectivity index (χ1n) is 21.9. The van der Waals surface area contributed by atoms with Gasteiger partial charge in [0.2, 0.25) is 23.6 Å². The summed E-state index contributed by atoms with van der Waals surface area (Å²) in [5.41, 5.74) is 4.17. The molecule has 0 fully saturated rings. The molecular weight excluding hydrogens is 869 g/mol. The van der Waals surface area contributed by atoms with Crippen LogP contribution in [0.25, 0.3) is 11.1 Å². The van der Waals surface area contributed by atoms with E-state index in [1.165, 1.54) is 32.7 Å². The number of amides is 6. The predicted octanol–water partition coefficient (Wildman–Crippen LogP) is 5.09. The average Bonchev–Trinajstić information content (AvgIpc) is 3.58. The Hall–Kier alpha value is -6.30. The van der Waals surface area contributed by atoms with Gasteiger partial charge in [-0.05, 0) is 93.8 Å². The lowest BCUT2D eigenvalue weighted by molar-refractivity contribution is -0.145. The van der Waals surface area contributed by atoms with Crippen LogP contribution in [0.1, 0.15) is 90.3 Å². The van der Waals surface area contributed by atoms with Gasteiger partial charge in [-0.3, -0.25) is 19.2 Å². The number of ether oxygens (including phenoxy) is 4. The number of unbranched alkanes of at least 4 members (excludes halogenated alkanes) is 1. The van der Waals surface area contributed by atoms with E-state index in [1.54, 1.807) is 58.9 Å². The summed E-state index contributed by atoms with van der Waals surface area (Å²) in [5, 5.41) is 16.4. The zero-order valence-corrected chi connectivity index (χ0v) is 39.8. The molecule has 0 aliphatic heterocycles. The van der Waals surface area contributed by atoms with Crippen LogP contribution in [-0.2, 0) is 44.6 Å². The predicted molar refractivity (Wildman–Crippen MR) is 251 cm³/mol. The topological polar surface area (TPSA) is 229 Å². The van der Waals surface area contributed by atoms with E-state index < -0.39 is 58.4 Å². The number of esters is 1. The summed E-state index contributed by atoms with van der Waals surface area (Å²) >= 11 is 1.19. The number of hydrogen-bond acceptors (Lipinski definition) is 12. The minimum atomic E-state index is -1.31. The smallest absolute Gasteiger partial charge is 0.407 e. The molecule has 6 N–H and O–H groups in total. The van der Waals surface area contributed by atoms with E-state index in [0.29, 0.717) is 30.7 Å². The number of fused-ring (bicyclic) bond motifs is 3. The minimum absolute atomic E-state index is 0.00653. The Balaban J connectivity index is 1.49. The molecule has 0 radical (unpaired) electrons. The Labute approximate surface area is 390 Å². The van der Waals surface area contributed by atoms with Gasteiger partial charge in [0, 0.05) is 37.5 Å². The number of rotatable bonds is 23. The maximum atomic E-state index is 14.4. The first-order valence-corrected chi connectivity index (χ1v) is 22.9. The Bertz CT molecular complexity index is 2120. The van der Waals surface area contributed by atoms with Crippen molar-refractivity contribution in [3.63, 3.8) is 0 Å². The summed E-state index contributed by atoms with van der Waals surface area (Å²) in [6.07, 6.45) is -0.339. The van der Waals surface area contributed by atoms with Crippen molar-refractivity contribution >= 4 is 53.5 Å². The molecule has 0 saturated heterocycles. The van der Waals surface area contributed by atoms with Gasteiger partial charge in [0.1, 0.15) is 42.7 Å². The molecule has 66 heavy (non-hydrogen) atoms. The van der Waals surface area contributed by atoms with Gasteiger partial charge in [-0.1, -0.05) is 60.7 Å². The molecule has 0 saturated carbocycles. The Kier molecular flexibility index (Phi) is 19.7. The molecule has 1 aliphatic rings. The zero-order valence-electron chi connectivity index (χ0n) is 39.0. The largest absolute Gasteiger partial charge is 0.492 e. The van der Waals surface area contributed by atoms with Crippen molar-refractivity contribution in [2.45, 2.75) is 109 Å². The van der Waals surface area contributed by atoms with Crippen LogP contribution in [0.15, 0.2) is 72.8 Å². The third kappa shape index (κ3) is 16.6. The normalized spacial score (nSPS) is 13.3. The van der Waals surface area contributed by atoms with Gasteiger partial charge < -0.3 is 50.8 Å². The monoisotopic (exact) mass is 932 g/mol. The van der Waals surface area contributed by atoms with E-state index in [4.69, 9.17) is 18.9 Å². The number of alkyl carbamates (subject to hydrolysis) is 2. The molecule has 0 aromatic heterocycles. The summed E-state index contributed by atoms with van der Waals surface area (Å²) in [7, 11) is 1.20. The van der Waals surface area contributed by atoms with Gasteiger partial charge in [-0.25, -0.2) is 14.4 Å². The highest BCUT2D eigenvalue weighted by atomic mass is 32.2. The van der Waals surface area contributed by atoms with E-state index in [2.05, 4.69) is 31.9 Å². The minimum Gasteiger partial charge on any atom is -0.492 e. The molecule has 3 aromatic rings.